The maximum atomic E-state index is 13.8. The molecule has 9 nitrogen and oxygen atoms in total. The third kappa shape index (κ3) is 5.42. The van der Waals surface area contributed by atoms with Crippen molar-refractivity contribution in [2.24, 2.45) is 11.8 Å². The number of aromatic nitrogens is 3. The molecule has 3 heterocycles. The fourth-order valence-corrected chi connectivity index (χ4v) is 4.22. The summed E-state index contributed by atoms with van der Waals surface area (Å²) in [5, 5.41) is 18.4. The number of hydrogen-bond donors (Lipinski definition) is 3. The molecule has 1 fully saturated rings. The quantitative estimate of drug-likeness (QED) is 0.417. The first-order valence-corrected chi connectivity index (χ1v) is 11.4. The highest BCUT2D eigenvalue weighted by atomic mass is 19.2. The van der Waals surface area contributed by atoms with E-state index in [-0.39, 0.29) is 23.3 Å². The van der Waals surface area contributed by atoms with Crippen LogP contribution in [0.2, 0.25) is 0 Å². The first kappa shape index (κ1) is 25.0. The number of nitrogens with zero attached hydrogens (tertiary/aromatic N) is 4. The van der Waals surface area contributed by atoms with E-state index < -0.39 is 29.5 Å². The summed E-state index contributed by atoms with van der Waals surface area (Å²) in [5.74, 6) is -3.74. The molecule has 0 aliphatic carbocycles. The van der Waals surface area contributed by atoms with Crippen LogP contribution in [0.4, 0.5) is 41.0 Å². The van der Waals surface area contributed by atoms with Crippen LogP contribution in [-0.2, 0) is 4.79 Å². The number of amides is 1. The van der Waals surface area contributed by atoms with E-state index in [4.69, 9.17) is 0 Å². The van der Waals surface area contributed by atoms with Gasteiger partial charge in [0.25, 0.3) is 0 Å². The second-order valence-electron chi connectivity index (χ2n) is 8.76. The second-order valence-corrected chi connectivity index (χ2v) is 8.76. The van der Waals surface area contributed by atoms with Crippen LogP contribution >= 0.6 is 0 Å². The van der Waals surface area contributed by atoms with Gasteiger partial charge in [0.15, 0.2) is 17.5 Å². The molecule has 1 atom stereocenters. The van der Waals surface area contributed by atoms with Crippen LogP contribution in [0.1, 0.15) is 25.3 Å². The summed E-state index contributed by atoms with van der Waals surface area (Å²) in [7, 11) is 0. The maximum Gasteiger partial charge on any atom is 0.346 e. The third-order valence-corrected chi connectivity index (χ3v) is 6.31. The van der Waals surface area contributed by atoms with Gasteiger partial charge in [-0.1, -0.05) is 6.92 Å². The Morgan fingerprint density at radius 1 is 1.11 bits per heavy atom. The second kappa shape index (κ2) is 10.3. The molecule has 1 unspecified atom stereocenters. The lowest BCUT2D eigenvalue weighted by atomic mass is 9.85. The zero-order valence-corrected chi connectivity index (χ0v) is 19.6. The Morgan fingerprint density at radius 3 is 2.47 bits per heavy atom. The minimum absolute atomic E-state index is 0.0559. The lowest BCUT2D eigenvalue weighted by Gasteiger charge is -2.35. The van der Waals surface area contributed by atoms with Crippen molar-refractivity contribution in [3.63, 3.8) is 0 Å². The largest absolute Gasteiger partial charge is 0.481 e. The van der Waals surface area contributed by atoms with Crippen molar-refractivity contribution < 1.29 is 27.9 Å². The summed E-state index contributed by atoms with van der Waals surface area (Å²) in [6.07, 6.45) is 4.37. The number of halogens is 3. The number of hydrogen-bond acceptors (Lipinski definition) is 6. The number of rotatable bonds is 6. The van der Waals surface area contributed by atoms with Crippen molar-refractivity contribution in [3.8, 4) is 0 Å². The Labute approximate surface area is 204 Å². The number of carboxylic acids is 1. The minimum atomic E-state index is -1.31. The summed E-state index contributed by atoms with van der Waals surface area (Å²) in [6, 6.07) is 3.62. The lowest BCUT2D eigenvalue weighted by molar-refractivity contribution is -0.143. The van der Waals surface area contributed by atoms with Crippen LogP contribution in [-0.4, -0.2) is 45.0 Å². The molecule has 190 valence electrons. The molecule has 12 heteroatoms. The molecule has 3 N–H and O–H groups in total. The van der Waals surface area contributed by atoms with Crippen molar-refractivity contribution in [1.82, 2.24) is 14.8 Å². The van der Waals surface area contributed by atoms with Crippen LogP contribution in [0, 0.1) is 36.2 Å². The molecule has 1 aliphatic rings. The number of carbonyl (C=O) groups is 2. The predicted octanol–water partition coefficient (Wildman–Crippen LogP) is 4.76. The molecule has 4 rings (SSSR count). The standard InChI is InChI=1S/C24H25F3N6O3/c1-13-9-16(12-28-22(13)32-6-3-15(4-7-32)14(2)23(34)35)29-24(36)33-8-5-21(31-33)30-20-11-18(26)17(25)10-19(20)27/h5,8-12,14-15H,3-4,6-7H2,1-2H3,(H,29,36)(H,30,31)(H,34,35). The first-order valence-electron chi connectivity index (χ1n) is 11.4. The Kier molecular flexibility index (Phi) is 7.13. The average molecular weight is 502 g/mol. The summed E-state index contributed by atoms with van der Waals surface area (Å²) in [4.78, 5) is 30.4. The number of aryl methyl sites for hydroxylation is 1. The number of carbonyl (C=O) groups excluding carboxylic acids is 1. The molecular weight excluding hydrogens is 477 g/mol. The number of carboxylic acid groups (broad SMARTS) is 1. The molecule has 1 aliphatic heterocycles. The number of anilines is 4. The van der Waals surface area contributed by atoms with E-state index in [1.165, 1.54) is 18.5 Å². The van der Waals surface area contributed by atoms with Crippen molar-refractivity contribution in [2.75, 3.05) is 28.6 Å². The summed E-state index contributed by atoms with van der Waals surface area (Å²) < 4.78 is 41.3. The molecule has 0 spiro atoms. The number of benzene rings is 1. The minimum Gasteiger partial charge on any atom is -0.481 e. The highest BCUT2D eigenvalue weighted by Gasteiger charge is 2.28. The van der Waals surface area contributed by atoms with Crippen molar-refractivity contribution in [1.29, 1.82) is 0 Å². The van der Waals surface area contributed by atoms with Crippen molar-refractivity contribution in [2.45, 2.75) is 26.7 Å². The van der Waals surface area contributed by atoms with Gasteiger partial charge in [-0.2, -0.15) is 4.68 Å². The van der Waals surface area contributed by atoms with Crippen LogP contribution in [0.15, 0.2) is 36.7 Å². The van der Waals surface area contributed by atoms with Crippen molar-refractivity contribution in [3.05, 3.63) is 59.7 Å². The van der Waals surface area contributed by atoms with Gasteiger partial charge in [-0.15, -0.1) is 5.10 Å². The zero-order chi connectivity index (χ0) is 26.0. The Balaban J connectivity index is 1.38. The van der Waals surface area contributed by atoms with Gasteiger partial charge in [0, 0.05) is 37.5 Å². The Hall–Kier alpha value is -4.09. The highest BCUT2D eigenvalue weighted by molar-refractivity contribution is 5.90. The van der Waals surface area contributed by atoms with Crippen LogP contribution < -0.4 is 15.5 Å². The molecule has 0 saturated carbocycles. The number of piperidine rings is 1. The lowest BCUT2D eigenvalue weighted by Crippen LogP contribution is -2.38. The molecule has 0 bridgehead atoms. The summed E-state index contributed by atoms with van der Waals surface area (Å²) >= 11 is 0. The molecule has 3 aromatic rings. The topological polar surface area (TPSA) is 112 Å². The molecule has 0 radical (unpaired) electrons. The Bertz CT molecular complexity index is 1290. The van der Waals surface area contributed by atoms with Gasteiger partial charge in [0.05, 0.1) is 23.5 Å². The van der Waals surface area contributed by atoms with Gasteiger partial charge in [0.1, 0.15) is 11.6 Å². The molecule has 1 aromatic carbocycles. The summed E-state index contributed by atoms with van der Waals surface area (Å²) in [6.45, 7) is 5.01. The van der Waals surface area contributed by atoms with Crippen LogP contribution in [0.3, 0.4) is 0 Å². The molecule has 2 aromatic heterocycles. The molecule has 1 amide bonds. The van der Waals surface area contributed by atoms with E-state index in [1.807, 2.05) is 6.92 Å². The number of aliphatic carboxylic acids is 1. The van der Waals surface area contributed by atoms with E-state index in [0.29, 0.717) is 30.9 Å². The van der Waals surface area contributed by atoms with Crippen molar-refractivity contribution >= 4 is 35.0 Å². The molecule has 36 heavy (non-hydrogen) atoms. The smallest absolute Gasteiger partial charge is 0.346 e. The fraction of sp³-hybridized carbons (Fsp3) is 0.333. The van der Waals surface area contributed by atoms with Gasteiger partial charge in [-0.25, -0.2) is 22.9 Å². The zero-order valence-electron chi connectivity index (χ0n) is 19.6. The van der Waals surface area contributed by atoms with E-state index >= 15 is 0 Å². The predicted molar refractivity (Wildman–Crippen MR) is 127 cm³/mol. The SMILES string of the molecule is Cc1cc(NC(=O)n2ccc(Nc3cc(F)c(F)cc3F)n2)cnc1N1CCC(C(C)C(=O)O)CC1. The maximum absolute atomic E-state index is 13.8. The van der Waals surface area contributed by atoms with Gasteiger partial charge in [-0.3, -0.25) is 4.79 Å². The van der Waals surface area contributed by atoms with E-state index in [9.17, 15) is 27.9 Å². The van der Waals surface area contributed by atoms with Gasteiger partial charge >= 0.3 is 12.0 Å². The van der Waals surface area contributed by atoms with Gasteiger partial charge in [0.2, 0.25) is 0 Å². The average Bonchev–Trinajstić information content (AvgIpc) is 3.31. The fourth-order valence-electron chi connectivity index (χ4n) is 4.22. The highest BCUT2D eigenvalue weighted by Crippen LogP contribution is 2.29. The molecule has 1 saturated heterocycles. The number of pyridine rings is 1. The van der Waals surface area contributed by atoms with Crippen LogP contribution in [0.25, 0.3) is 0 Å². The van der Waals surface area contributed by atoms with E-state index in [0.717, 1.165) is 28.9 Å². The van der Waals surface area contributed by atoms with Gasteiger partial charge < -0.3 is 20.6 Å². The monoisotopic (exact) mass is 502 g/mol. The summed E-state index contributed by atoms with van der Waals surface area (Å²) in [5.41, 5.74) is 0.956. The third-order valence-electron chi connectivity index (χ3n) is 6.31. The normalized spacial score (nSPS) is 15.0. The first-order chi connectivity index (χ1) is 17.1. The van der Waals surface area contributed by atoms with Crippen LogP contribution in [0.5, 0.6) is 0 Å². The number of nitrogens with one attached hydrogen (secondary N) is 2. The van der Waals surface area contributed by atoms with E-state index in [1.54, 1.807) is 13.0 Å². The Morgan fingerprint density at radius 2 is 1.81 bits per heavy atom. The van der Waals surface area contributed by atoms with E-state index in [2.05, 4.69) is 25.6 Å². The molecular formula is C24H25F3N6O3. The van der Waals surface area contributed by atoms with Gasteiger partial charge in [-0.05, 0) is 37.3 Å².